The number of methoxy groups -OCH3 is 1. The van der Waals surface area contributed by atoms with Crippen LogP contribution in [0.3, 0.4) is 0 Å². The van der Waals surface area contributed by atoms with E-state index in [-0.39, 0.29) is 31.4 Å². The highest BCUT2D eigenvalue weighted by atomic mass is 16.7. The van der Waals surface area contributed by atoms with E-state index in [4.69, 9.17) is 33.2 Å². The van der Waals surface area contributed by atoms with Gasteiger partial charge in [-0.3, -0.25) is 9.59 Å². The Morgan fingerprint density at radius 1 is 0.909 bits per heavy atom. The molecule has 0 saturated carbocycles. The summed E-state index contributed by atoms with van der Waals surface area (Å²) in [5.41, 5.74) is -4.82. The Bertz CT molecular complexity index is 1290. The number of carbonyl (C=O) groups is 2. The average Bonchev–Trinajstić information content (AvgIpc) is 3.11. The smallest absolute Gasteiger partial charge is 0.311 e. The van der Waals surface area contributed by atoms with Gasteiger partial charge < -0.3 is 58.5 Å². The van der Waals surface area contributed by atoms with Gasteiger partial charge in [0.05, 0.1) is 59.4 Å². The quantitative estimate of drug-likeness (QED) is 0.186. The number of cyclic esters (lactones) is 1. The van der Waals surface area contributed by atoms with Crippen molar-refractivity contribution >= 4 is 11.8 Å². The number of likely N-dealkylation sites (N-methyl/N-ethyl adjacent to an activating group) is 1. The molecule has 0 unspecified atom stereocenters. The second-order valence-electron chi connectivity index (χ2n) is 17.5. The summed E-state index contributed by atoms with van der Waals surface area (Å²) in [4.78, 5) is 30.2. The zero-order chi connectivity index (χ0) is 42.0. The molecule has 0 aromatic carbocycles. The number of rotatable bonds is 10. The molecule has 3 aliphatic rings. The van der Waals surface area contributed by atoms with Crippen molar-refractivity contribution in [1.82, 2.24) is 4.90 Å². The molecule has 3 rings (SSSR count). The molecular formula is C41H73NO13. The van der Waals surface area contributed by atoms with Crippen LogP contribution >= 0.6 is 0 Å². The number of ketones is 1. The third-order valence-electron chi connectivity index (χ3n) is 12.5. The molecule has 3 heterocycles. The summed E-state index contributed by atoms with van der Waals surface area (Å²) >= 11 is 0. The molecule has 0 spiro atoms. The highest BCUT2D eigenvalue weighted by molar-refractivity contribution is 5.83. The van der Waals surface area contributed by atoms with E-state index in [1.165, 1.54) is 21.0 Å². The highest BCUT2D eigenvalue weighted by Crippen LogP contribution is 2.41. The predicted octanol–water partition coefficient (Wildman–Crippen LogP) is 3.73. The first kappa shape index (κ1) is 47.7. The minimum absolute atomic E-state index is 0.104. The fourth-order valence-corrected chi connectivity index (χ4v) is 8.80. The number of aliphatic hydroxyl groups excluding tert-OH is 2. The summed E-state index contributed by atoms with van der Waals surface area (Å²) in [6, 6.07) is -0.159. The molecule has 55 heavy (non-hydrogen) atoms. The van der Waals surface area contributed by atoms with Crippen molar-refractivity contribution in [2.75, 3.05) is 21.2 Å². The number of hydrogen-bond acceptors (Lipinski definition) is 14. The molecule has 0 aromatic rings. The van der Waals surface area contributed by atoms with Gasteiger partial charge in [-0.05, 0) is 74.9 Å². The lowest BCUT2D eigenvalue weighted by Gasteiger charge is -2.49. The molecule has 0 radical (unpaired) electrons. The van der Waals surface area contributed by atoms with Crippen LogP contribution in [0.4, 0.5) is 0 Å². The van der Waals surface area contributed by atoms with E-state index in [2.05, 4.69) is 6.58 Å². The van der Waals surface area contributed by atoms with Crippen LogP contribution in [-0.2, 0) is 42.7 Å². The van der Waals surface area contributed by atoms with E-state index in [9.17, 15) is 30.0 Å². The minimum Gasteiger partial charge on any atom is -0.488 e. The molecule has 0 amide bonds. The highest BCUT2D eigenvalue weighted by Gasteiger charge is 2.54. The summed E-state index contributed by atoms with van der Waals surface area (Å²) in [5, 5.41) is 46.7. The lowest BCUT2D eigenvalue weighted by atomic mass is 9.74. The molecule has 3 fully saturated rings. The zero-order valence-electron chi connectivity index (χ0n) is 35.8. The first-order valence-electron chi connectivity index (χ1n) is 20.1. The van der Waals surface area contributed by atoms with Gasteiger partial charge in [-0.2, -0.15) is 0 Å². The Morgan fingerprint density at radius 3 is 2.07 bits per heavy atom. The fraction of sp³-hybridized carbons (Fsp3) is 0.902. The maximum atomic E-state index is 14.2. The second-order valence-corrected chi connectivity index (χ2v) is 17.5. The van der Waals surface area contributed by atoms with Gasteiger partial charge in [-0.15, -0.1) is 0 Å². The van der Waals surface area contributed by atoms with E-state index in [1.807, 2.05) is 32.8 Å². The Kier molecular flexibility index (Phi) is 16.4. The Balaban J connectivity index is 2.24. The van der Waals surface area contributed by atoms with E-state index in [0.29, 0.717) is 18.6 Å². The topological polar surface area (TPSA) is 183 Å². The maximum Gasteiger partial charge on any atom is 0.311 e. The van der Waals surface area contributed by atoms with Crippen molar-refractivity contribution in [3.63, 3.8) is 0 Å². The van der Waals surface area contributed by atoms with Crippen LogP contribution < -0.4 is 0 Å². The van der Waals surface area contributed by atoms with E-state index in [1.54, 1.807) is 48.5 Å². The lowest BCUT2D eigenvalue weighted by Crippen LogP contribution is -2.61. The van der Waals surface area contributed by atoms with Crippen LogP contribution in [-0.4, -0.2) is 143 Å². The van der Waals surface area contributed by atoms with Crippen LogP contribution in [0.1, 0.15) is 108 Å². The molecule has 18 atom stereocenters. The van der Waals surface area contributed by atoms with Crippen molar-refractivity contribution in [3.05, 3.63) is 12.3 Å². The SMILES string of the molecule is C=C(CC)O[C@H]1[C@H](O[C@@H]2[C@@H](C)[C@H](O[C@H]3C[C@@](C)(OC)[C@@H](O)[C@H](C)O3)[C@@H](C)C(=O)O[C@H](CC)[C@@](C)(O)[C@H](O)[C@@H](C)C(=O)[C@H](C)C[C@@]2(C)O)O[C@H](C)C[C@@H]1N(C)C. The summed E-state index contributed by atoms with van der Waals surface area (Å²) < 4.78 is 44.4. The number of aliphatic hydroxyl groups is 4. The van der Waals surface area contributed by atoms with Gasteiger partial charge in [0, 0.05) is 37.7 Å². The second kappa shape index (κ2) is 18.9. The standard InChI is InChI=1S/C41H73NO13/c1-16-22(4)50-33-28(42(13)14)18-23(5)51-38(33)55-36-25(7)32(54-30-20-40(11,49-15)35(45)27(9)52-30)26(8)37(46)53-29(17-2)41(12,48)34(44)24(6)31(43)21(3)19-39(36,10)47/h21,23-30,32-36,38,44-45,47-48H,4,16-20H2,1-3,5-15H3/t21-,23-,24+,25+,26-,27+,28+,29-,30+,32+,33-,34-,35+,36-,38+,39-,40-,41-/m1/s1. The Morgan fingerprint density at radius 2 is 1.53 bits per heavy atom. The van der Waals surface area contributed by atoms with Crippen LogP contribution in [0.15, 0.2) is 12.3 Å². The summed E-state index contributed by atoms with van der Waals surface area (Å²) in [5.74, 6) is -4.35. The van der Waals surface area contributed by atoms with Crippen LogP contribution in [0, 0.1) is 23.7 Å². The van der Waals surface area contributed by atoms with Gasteiger partial charge in [0.25, 0.3) is 0 Å². The molecular weight excluding hydrogens is 714 g/mol. The number of hydrogen-bond donors (Lipinski definition) is 4. The van der Waals surface area contributed by atoms with Gasteiger partial charge in [-0.1, -0.05) is 41.2 Å². The molecule has 14 heteroatoms. The molecule has 0 bridgehead atoms. The van der Waals surface area contributed by atoms with E-state index >= 15 is 0 Å². The van der Waals surface area contributed by atoms with Gasteiger partial charge in [0.15, 0.2) is 18.7 Å². The number of carbonyl (C=O) groups excluding carboxylic acids is 2. The lowest BCUT2D eigenvalue weighted by molar-refractivity contribution is -0.319. The minimum atomic E-state index is -1.99. The Labute approximate surface area is 329 Å². The summed E-state index contributed by atoms with van der Waals surface area (Å²) in [6.45, 7) is 22.7. The largest absolute Gasteiger partial charge is 0.488 e. The van der Waals surface area contributed by atoms with E-state index in [0.717, 1.165) is 0 Å². The molecule has 0 aromatic heterocycles. The van der Waals surface area contributed by atoms with Gasteiger partial charge >= 0.3 is 5.97 Å². The van der Waals surface area contributed by atoms with Gasteiger partial charge in [0.2, 0.25) is 0 Å². The predicted molar refractivity (Wildman–Crippen MR) is 205 cm³/mol. The monoisotopic (exact) mass is 788 g/mol. The summed E-state index contributed by atoms with van der Waals surface area (Å²) in [6.07, 6.45) is -8.28. The molecule has 3 aliphatic heterocycles. The third-order valence-corrected chi connectivity index (χ3v) is 12.5. The maximum absolute atomic E-state index is 14.2. The van der Waals surface area contributed by atoms with Crippen molar-refractivity contribution in [1.29, 1.82) is 0 Å². The van der Waals surface area contributed by atoms with Crippen molar-refractivity contribution in [3.8, 4) is 0 Å². The number of esters is 1. The molecule has 3 saturated heterocycles. The number of allylic oxidation sites excluding steroid dienone is 1. The normalized spacial score (nSPS) is 46.9. The molecule has 0 aliphatic carbocycles. The first-order chi connectivity index (χ1) is 25.4. The van der Waals surface area contributed by atoms with E-state index < -0.39 is 108 Å². The summed E-state index contributed by atoms with van der Waals surface area (Å²) in [7, 11) is 5.39. The van der Waals surface area contributed by atoms with Crippen LogP contribution in [0.2, 0.25) is 0 Å². The van der Waals surface area contributed by atoms with Crippen LogP contribution in [0.25, 0.3) is 0 Å². The molecule has 14 nitrogen and oxygen atoms in total. The number of Topliss-reactive ketones (excluding diaryl/α,β-unsaturated/α-hetero) is 1. The fourth-order valence-electron chi connectivity index (χ4n) is 8.80. The van der Waals surface area contributed by atoms with Crippen LogP contribution in [0.5, 0.6) is 0 Å². The molecule has 4 N–H and O–H groups in total. The van der Waals surface area contributed by atoms with Gasteiger partial charge in [-0.25, -0.2) is 0 Å². The van der Waals surface area contributed by atoms with Gasteiger partial charge in [0.1, 0.15) is 23.6 Å². The first-order valence-corrected chi connectivity index (χ1v) is 20.1. The number of ether oxygens (including phenoxy) is 7. The zero-order valence-corrected chi connectivity index (χ0v) is 35.8. The van der Waals surface area contributed by atoms with Crippen molar-refractivity contribution in [2.24, 2.45) is 23.7 Å². The van der Waals surface area contributed by atoms with Crippen molar-refractivity contribution < 1.29 is 63.2 Å². The Hall–Kier alpha value is -1.72. The number of nitrogens with zero attached hydrogens (tertiary/aromatic N) is 1. The third kappa shape index (κ3) is 10.7. The van der Waals surface area contributed by atoms with Crippen molar-refractivity contribution in [2.45, 2.75) is 193 Å². The molecule has 320 valence electrons. The average molecular weight is 788 g/mol.